The average molecular weight is 226 g/mol. The van der Waals surface area contributed by atoms with Gasteiger partial charge in [-0.05, 0) is 26.2 Å². The van der Waals surface area contributed by atoms with Crippen LogP contribution in [0.3, 0.4) is 0 Å². The summed E-state index contributed by atoms with van der Waals surface area (Å²) in [5.41, 5.74) is -0.490. The molecule has 0 aromatic heterocycles. The Morgan fingerprint density at radius 1 is 1.33 bits per heavy atom. The molecule has 1 aliphatic rings. The Kier molecular flexibility index (Phi) is 3.93. The highest BCUT2D eigenvalue weighted by atomic mass is 28.4. The van der Waals surface area contributed by atoms with E-state index in [0.29, 0.717) is 0 Å². The van der Waals surface area contributed by atoms with E-state index in [1.807, 2.05) is 0 Å². The SMILES string of the molecule is CCN1CCC(C#N)(O[Si](C)(C)C)CC1. The molecule has 0 saturated carbocycles. The van der Waals surface area contributed by atoms with Gasteiger partial charge in [-0.15, -0.1) is 0 Å². The van der Waals surface area contributed by atoms with E-state index in [-0.39, 0.29) is 0 Å². The van der Waals surface area contributed by atoms with Crippen LogP contribution >= 0.6 is 0 Å². The molecule has 4 heteroatoms. The molecule has 0 radical (unpaired) electrons. The molecule has 1 aliphatic heterocycles. The van der Waals surface area contributed by atoms with Crippen LogP contribution in [0.2, 0.25) is 19.6 Å². The van der Waals surface area contributed by atoms with Crippen molar-refractivity contribution in [2.75, 3.05) is 19.6 Å². The quantitative estimate of drug-likeness (QED) is 0.692. The number of hydrogen-bond donors (Lipinski definition) is 0. The van der Waals surface area contributed by atoms with Gasteiger partial charge in [-0.3, -0.25) is 0 Å². The second kappa shape index (κ2) is 4.65. The largest absolute Gasteiger partial charge is 0.400 e. The van der Waals surface area contributed by atoms with Crippen LogP contribution < -0.4 is 0 Å². The molecular weight excluding hydrogens is 204 g/mol. The van der Waals surface area contributed by atoms with Crippen molar-refractivity contribution >= 4 is 8.32 Å². The van der Waals surface area contributed by atoms with E-state index in [9.17, 15) is 5.26 Å². The lowest BCUT2D eigenvalue weighted by Crippen LogP contribution is -2.49. The summed E-state index contributed by atoms with van der Waals surface area (Å²) in [6, 6.07) is 2.40. The maximum atomic E-state index is 9.29. The molecule has 1 heterocycles. The van der Waals surface area contributed by atoms with Crippen LogP contribution in [0.5, 0.6) is 0 Å². The lowest BCUT2D eigenvalue weighted by atomic mass is 9.93. The van der Waals surface area contributed by atoms with Gasteiger partial charge in [0.05, 0.1) is 6.07 Å². The van der Waals surface area contributed by atoms with E-state index < -0.39 is 13.9 Å². The molecule has 0 aromatic rings. The zero-order valence-electron chi connectivity index (χ0n) is 10.3. The van der Waals surface area contributed by atoms with Crippen LogP contribution in [0.25, 0.3) is 0 Å². The minimum atomic E-state index is -1.61. The van der Waals surface area contributed by atoms with Crippen LogP contribution in [0.1, 0.15) is 19.8 Å². The van der Waals surface area contributed by atoms with Crippen molar-refractivity contribution in [3.8, 4) is 6.07 Å². The number of likely N-dealkylation sites (tertiary alicyclic amines) is 1. The number of nitrogens with zero attached hydrogens (tertiary/aromatic N) is 2. The van der Waals surface area contributed by atoms with E-state index in [1.165, 1.54) is 0 Å². The topological polar surface area (TPSA) is 36.3 Å². The zero-order chi connectivity index (χ0) is 11.5. The number of piperidine rings is 1. The third-order valence-electron chi connectivity index (χ3n) is 2.82. The van der Waals surface area contributed by atoms with Gasteiger partial charge in [0.2, 0.25) is 0 Å². The van der Waals surface area contributed by atoms with Gasteiger partial charge in [-0.25, -0.2) is 0 Å². The number of nitriles is 1. The summed E-state index contributed by atoms with van der Waals surface area (Å²) in [6.45, 7) is 11.7. The summed E-state index contributed by atoms with van der Waals surface area (Å²) in [5.74, 6) is 0. The van der Waals surface area contributed by atoms with Gasteiger partial charge in [0.1, 0.15) is 5.60 Å². The third kappa shape index (κ3) is 3.60. The lowest BCUT2D eigenvalue weighted by molar-refractivity contribution is 0.0423. The second-order valence-corrected chi connectivity index (χ2v) is 9.68. The summed E-state index contributed by atoms with van der Waals surface area (Å²) >= 11 is 0. The summed E-state index contributed by atoms with van der Waals surface area (Å²) in [4.78, 5) is 2.38. The van der Waals surface area contributed by atoms with Crippen molar-refractivity contribution in [2.45, 2.75) is 45.0 Å². The van der Waals surface area contributed by atoms with Crippen molar-refractivity contribution in [2.24, 2.45) is 0 Å². The lowest BCUT2D eigenvalue weighted by Gasteiger charge is -2.40. The molecule has 0 spiro atoms. The number of rotatable bonds is 3. The van der Waals surface area contributed by atoms with Gasteiger partial charge < -0.3 is 9.33 Å². The van der Waals surface area contributed by atoms with E-state index in [0.717, 1.165) is 32.5 Å². The standard InChI is InChI=1S/C11H22N2OSi/c1-5-13-8-6-11(10-12,7-9-13)14-15(2,3)4/h5-9H2,1-4H3. The summed E-state index contributed by atoms with van der Waals surface area (Å²) < 4.78 is 6.06. The molecule has 0 bridgehead atoms. The maximum absolute atomic E-state index is 9.29. The van der Waals surface area contributed by atoms with Crippen molar-refractivity contribution in [1.82, 2.24) is 4.90 Å². The smallest absolute Gasteiger partial charge is 0.185 e. The molecule has 0 atom stereocenters. The van der Waals surface area contributed by atoms with Gasteiger partial charge in [0.15, 0.2) is 8.32 Å². The number of hydrogen-bond acceptors (Lipinski definition) is 3. The van der Waals surface area contributed by atoms with Crippen LogP contribution in [0.4, 0.5) is 0 Å². The molecule has 0 aliphatic carbocycles. The molecule has 1 rings (SSSR count). The first-order chi connectivity index (χ1) is 6.91. The normalized spacial score (nSPS) is 22.3. The van der Waals surface area contributed by atoms with Crippen LogP contribution in [0, 0.1) is 11.3 Å². The summed E-state index contributed by atoms with van der Waals surface area (Å²) in [5, 5.41) is 9.29. The van der Waals surface area contributed by atoms with Crippen molar-refractivity contribution < 1.29 is 4.43 Å². The van der Waals surface area contributed by atoms with Crippen LogP contribution in [0.15, 0.2) is 0 Å². The van der Waals surface area contributed by atoms with Crippen LogP contribution in [-0.2, 0) is 4.43 Å². The summed E-state index contributed by atoms with van der Waals surface area (Å²) in [6.07, 6.45) is 1.73. The molecule has 86 valence electrons. The fraction of sp³-hybridized carbons (Fsp3) is 0.909. The Morgan fingerprint density at radius 3 is 2.20 bits per heavy atom. The fourth-order valence-corrected chi connectivity index (χ4v) is 3.48. The van der Waals surface area contributed by atoms with Gasteiger partial charge in [-0.2, -0.15) is 5.26 Å². The molecule has 15 heavy (non-hydrogen) atoms. The monoisotopic (exact) mass is 226 g/mol. The average Bonchev–Trinajstić information content (AvgIpc) is 2.16. The molecule has 1 fully saturated rings. The van der Waals surface area contributed by atoms with Crippen molar-refractivity contribution in [3.05, 3.63) is 0 Å². The predicted octanol–water partition coefficient (Wildman–Crippen LogP) is 2.22. The predicted molar refractivity (Wildman–Crippen MR) is 64.1 cm³/mol. The minimum absolute atomic E-state index is 0.490. The van der Waals surface area contributed by atoms with E-state index in [2.05, 4.69) is 37.5 Å². The van der Waals surface area contributed by atoms with E-state index >= 15 is 0 Å². The second-order valence-electron chi connectivity index (χ2n) is 5.25. The summed E-state index contributed by atoms with van der Waals surface area (Å²) in [7, 11) is -1.61. The first-order valence-electron chi connectivity index (χ1n) is 5.74. The van der Waals surface area contributed by atoms with Crippen molar-refractivity contribution in [3.63, 3.8) is 0 Å². The molecule has 0 unspecified atom stereocenters. The Labute approximate surface area is 94.2 Å². The third-order valence-corrected chi connectivity index (χ3v) is 3.82. The van der Waals surface area contributed by atoms with E-state index in [4.69, 9.17) is 4.43 Å². The Balaban J connectivity index is 2.62. The van der Waals surface area contributed by atoms with Crippen LogP contribution in [-0.4, -0.2) is 38.5 Å². The Bertz CT molecular complexity index is 246. The van der Waals surface area contributed by atoms with Crippen molar-refractivity contribution in [1.29, 1.82) is 5.26 Å². The first-order valence-corrected chi connectivity index (χ1v) is 9.15. The zero-order valence-corrected chi connectivity index (χ0v) is 11.3. The molecule has 0 aromatic carbocycles. The molecular formula is C11H22N2OSi. The highest BCUT2D eigenvalue weighted by molar-refractivity contribution is 6.69. The van der Waals surface area contributed by atoms with Gasteiger partial charge in [0.25, 0.3) is 0 Å². The van der Waals surface area contributed by atoms with Gasteiger partial charge >= 0.3 is 0 Å². The highest BCUT2D eigenvalue weighted by Gasteiger charge is 2.38. The van der Waals surface area contributed by atoms with Gasteiger partial charge in [-0.1, -0.05) is 6.92 Å². The Hall–Kier alpha value is -0.373. The fourth-order valence-electron chi connectivity index (χ4n) is 2.05. The molecule has 1 saturated heterocycles. The minimum Gasteiger partial charge on any atom is -0.400 e. The molecule has 0 N–H and O–H groups in total. The maximum Gasteiger partial charge on any atom is 0.185 e. The molecule has 0 amide bonds. The highest BCUT2D eigenvalue weighted by Crippen LogP contribution is 2.29. The van der Waals surface area contributed by atoms with E-state index in [1.54, 1.807) is 0 Å². The first kappa shape index (κ1) is 12.7. The Morgan fingerprint density at radius 2 is 1.87 bits per heavy atom. The van der Waals surface area contributed by atoms with Gasteiger partial charge in [0, 0.05) is 25.9 Å². The molecule has 3 nitrogen and oxygen atoms in total.